The van der Waals surface area contributed by atoms with Gasteiger partial charge in [-0.15, -0.1) is 0 Å². The number of benzene rings is 1. The van der Waals surface area contributed by atoms with E-state index in [1.165, 1.54) is 24.1 Å². The monoisotopic (exact) mass is 242 g/mol. The minimum Gasteiger partial charge on any atom is -0.358 e. The van der Waals surface area contributed by atoms with Crippen LogP contribution in [0.15, 0.2) is 18.2 Å². The first kappa shape index (κ1) is 11.3. The van der Waals surface area contributed by atoms with E-state index in [-0.39, 0.29) is 5.91 Å². The highest BCUT2D eigenvalue weighted by Gasteiger charge is 2.21. The fourth-order valence-electron chi connectivity index (χ4n) is 2.26. The summed E-state index contributed by atoms with van der Waals surface area (Å²) >= 11 is 0. The molecule has 1 fully saturated rings. The highest BCUT2D eigenvalue weighted by molar-refractivity contribution is 5.99. The predicted octanol–water partition coefficient (Wildman–Crippen LogP) is 2.92. The molecule has 0 unspecified atom stereocenters. The third-order valence-corrected chi connectivity index (χ3v) is 3.82. The molecule has 0 spiro atoms. The molecule has 94 valence electrons. The Morgan fingerprint density at radius 2 is 2.17 bits per heavy atom. The Morgan fingerprint density at radius 3 is 2.89 bits per heavy atom. The van der Waals surface area contributed by atoms with Gasteiger partial charge in [0.15, 0.2) is 0 Å². The topological polar surface area (TPSA) is 44.9 Å². The largest absolute Gasteiger partial charge is 0.358 e. The highest BCUT2D eigenvalue weighted by Crippen LogP contribution is 2.28. The van der Waals surface area contributed by atoms with E-state index >= 15 is 0 Å². The van der Waals surface area contributed by atoms with Crippen molar-refractivity contribution >= 4 is 16.8 Å². The van der Waals surface area contributed by atoms with Gasteiger partial charge in [0.1, 0.15) is 0 Å². The molecule has 0 saturated heterocycles. The molecule has 1 heterocycles. The Labute approximate surface area is 107 Å². The van der Waals surface area contributed by atoms with Crippen LogP contribution in [0.2, 0.25) is 0 Å². The maximum absolute atomic E-state index is 12.0. The number of fused-ring (bicyclic) bond motifs is 1. The van der Waals surface area contributed by atoms with E-state index in [0.29, 0.717) is 5.92 Å². The maximum atomic E-state index is 12.0. The summed E-state index contributed by atoms with van der Waals surface area (Å²) in [7, 11) is 0. The number of nitrogens with one attached hydrogen (secondary N) is 2. The van der Waals surface area contributed by atoms with Gasteiger partial charge in [-0.05, 0) is 56.4 Å². The Balaban J connectivity index is 1.86. The average Bonchev–Trinajstić information content (AvgIpc) is 3.15. The van der Waals surface area contributed by atoms with E-state index in [1.807, 2.05) is 18.2 Å². The van der Waals surface area contributed by atoms with Crippen LogP contribution in [0.1, 0.15) is 34.5 Å². The quantitative estimate of drug-likeness (QED) is 0.854. The van der Waals surface area contributed by atoms with Crippen molar-refractivity contribution in [2.24, 2.45) is 5.92 Å². The first-order valence-electron chi connectivity index (χ1n) is 6.52. The Hall–Kier alpha value is -1.77. The number of hydrogen-bond donors (Lipinski definition) is 2. The zero-order valence-electron chi connectivity index (χ0n) is 10.8. The van der Waals surface area contributed by atoms with Crippen LogP contribution >= 0.6 is 0 Å². The molecule has 0 aliphatic heterocycles. The molecule has 3 nitrogen and oxygen atoms in total. The van der Waals surface area contributed by atoms with Crippen molar-refractivity contribution in [3.63, 3.8) is 0 Å². The van der Waals surface area contributed by atoms with E-state index in [4.69, 9.17) is 0 Å². The van der Waals surface area contributed by atoms with Gasteiger partial charge in [0, 0.05) is 28.7 Å². The molecule has 1 aliphatic carbocycles. The smallest absolute Gasteiger partial charge is 0.251 e. The fraction of sp³-hybridized carbons (Fsp3) is 0.400. The van der Waals surface area contributed by atoms with Crippen LogP contribution in [0.25, 0.3) is 10.9 Å². The minimum atomic E-state index is 0.0436. The van der Waals surface area contributed by atoms with Crippen LogP contribution in [0.5, 0.6) is 0 Å². The number of rotatable bonds is 3. The van der Waals surface area contributed by atoms with Crippen molar-refractivity contribution in [3.8, 4) is 0 Å². The maximum Gasteiger partial charge on any atom is 0.251 e. The van der Waals surface area contributed by atoms with Gasteiger partial charge in [-0.3, -0.25) is 4.79 Å². The molecule has 1 saturated carbocycles. The summed E-state index contributed by atoms with van der Waals surface area (Å²) in [6, 6.07) is 5.86. The van der Waals surface area contributed by atoms with Gasteiger partial charge < -0.3 is 10.3 Å². The Morgan fingerprint density at radius 1 is 1.39 bits per heavy atom. The van der Waals surface area contributed by atoms with Gasteiger partial charge in [-0.25, -0.2) is 0 Å². The number of carbonyl (C=O) groups is 1. The Kier molecular flexibility index (Phi) is 2.62. The molecule has 1 amide bonds. The molecule has 1 aromatic heterocycles. The molecule has 2 N–H and O–H groups in total. The van der Waals surface area contributed by atoms with Crippen molar-refractivity contribution in [3.05, 3.63) is 35.0 Å². The number of carbonyl (C=O) groups excluding carboxylic acids is 1. The van der Waals surface area contributed by atoms with Gasteiger partial charge in [-0.1, -0.05) is 0 Å². The Bertz CT molecular complexity index is 608. The number of amides is 1. The highest BCUT2D eigenvalue weighted by atomic mass is 16.1. The molecule has 2 aromatic rings. The van der Waals surface area contributed by atoms with Gasteiger partial charge in [-0.2, -0.15) is 0 Å². The molecule has 0 bridgehead atoms. The molecule has 0 atom stereocenters. The van der Waals surface area contributed by atoms with E-state index in [9.17, 15) is 4.79 Å². The van der Waals surface area contributed by atoms with Gasteiger partial charge >= 0.3 is 0 Å². The van der Waals surface area contributed by atoms with Crippen molar-refractivity contribution < 1.29 is 4.79 Å². The zero-order valence-corrected chi connectivity index (χ0v) is 10.8. The predicted molar refractivity (Wildman–Crippen MR) is 72.8 cm³/mol. The summed E-state index contributed by atoms with van der Waals surface area (Å²) in [5, 5.41) is 4.15. The van der Waals surface area contributed by atoms with Crippen LogP contribution in [0, 0.1) is 19.8 Å². The average molecular weight is 242 g/mol. The van der Waals surface area contributed by atoms with E-state index in [0.717, 1.165) is 23.0 Å². The van der Waals surface area contributed by atoms with Crippen molar-refractivity contribution in [2.75, 3.05) is 6.54 Å². The van der Waals surface area contributed by atoms with E-state index in [2.05, 4.69) is 24.1 Å². The molecule has 3 heteroatoms. The number of aryl methyl sites for hydroxylation is 2. The van der Waals surface area contributed by atoms with Crippen molar-refractivity contribution in [2.45, 2.75) is 26.7 Å². The van der Waals surface area contributed by atoms with Crippen molar-refractivity contribution in [1.82, 2.24) is 10.3 Å². The van der Waals surface area contributed by atoms with E-state index in [1.54, 1.807) is 0 Å². The van der Waals surface area contributed by atoms with Gasteiger partial charge in [0.25, 0.3) is 5.91 Å². The lowest BCUT2D eigenvalue weighted by atomic mass is 10.1. The summed E-state index contributed by atoms with van der Waals surface area (Å²) in [5.41, 5.74) is 4.25. The zero-order chi connectivity index (χ0) is 12.7. The summed E-state index contributed by atoms with van der Waals surface area (Å²) in [5.74, 6) is 0.760. The lowest BCUT2D eigenvalue weighted by molar-refractivity contribution is 0.0952. The first-order chi connectivity index (χ1) is 8.65. The third-order valence-electron chi connectivity index (χ3n) is 3.82. The second kappa shape index (κ2) is 4.16. The van der Waals surface area contributed by atoms with Crippen LogP contribution in [0.3, 0.4) is 0 Å². The first-order valence-corrected chi connectivity index (χ1v) is 6.52. The second-order valence-electron chi connectivity index (χ2n) is 5.29. The normalized spacial score (nSPS) is 15.0. The standard InChI is InChI=1S/C15H18N2O/c1-9-10(2)17-14-6-5-12(7-13(9)14)15(18)16-8-11-3-4-11/h5-7,11,17H,3-4,8H2,1-2H3,(H,16,18). The molecule has 0 radical (unpaired) electrons. The summed E-state index contributed by atoms with van der Waals surface area (Å²) in [6.07, 6.45) is 2.52. The lowest BCUT2D eigenvalue weighted by Crippen LogP contribution is -2.25. The number of H-pyrrole nitrogens is 1. The molecule has 18 heavy (non-hydrogen) atoms. The second-order valence-corrected chi connectivity index (χ2v) is 5.29. The minimum absolute atomic E-state index is 0.0436. The molecule has 1 aliphatic rings. The molecule has 3 rings (SSSR count). The van der Waals surface area contributed by atoms with Gasteiger partial charge in [0.05, 0.1) is 0 Å². The van der Waals surface area contributed by atoms with Crippen LogP contribution in [-0.4, -0.2) is 17.4 Å². The van der Waals surface area contributed by atoms with Crippen LogP contribution < -0.4 is 5.32 Å². The summed E-state index contributed by atoms with van der Waals surface area (Å²) < 4.78 is 0. The number of hydrogen-bond acceptors (Lipinski definition) is 1. The summed E-state index contributed by atoms with van der Waals surface area (Å²) in [4.78, 5) is 15.3. The molecular weight excluding hydrogens is 224 g/mol. The third kappa shape index (κ3) is 2.01. The van der Waals surface area contributed by atoms with Crippen LogP contribution in [-0.2, 0) is 0 Å². The SMILES string of the molecule is Cc1[nH]c2ccc(C(=O)NCC3CC3)cc2c1C. The molecule has 1 aromatic carbocycles. The van der Waals surface area contributed by atoms with Crippen molar-refractivity contribution in [1.29, 1.82) is 0 Å². The summed E-state index contributed by atoms with van der Waals surface area (Å²) in [6.45, 7) is 4.96. The fourth-order valence-corrected chi connectivity index (χ4v) is 2.26. The lowest BCUT2D eigenvalue weighted by Gasteiger charge is -2.04. The van der Waals surface area contributed by atoms with E-state index < -0.39 is 0 Å². The van der Waals surface area contributed by atoms with Crippen LogP contribution in [0.4, 0.5) is 0 Å². The molecular formula is C15H18N2O. The van der Waals surface area contributed by atoms with Gasteiger partial charge in [0.2, 0.25) is 0 Å². The number of aromatic amines is 1. The number of aromatic nitrogens is 1.